The summed E-state index contributed by atoms with van der Waals surface area (Å²) in [4.78, 5) is 1.68. The minimum Gasteiger partial charge on any atom is -0.307 e. The van der Waals surface area contributed by atoms with Crippen LogP contribution in [0.25, 0.3) is 11.3 Å². The Morgan fingerprint density at radius 3 is 2.11 bits per heavy atom. The second-order valence-corrected chi connectivity index (χ2v) is 6.61. The molecule has 4 aromatic rings. The van der Waals surface area contributed by atoms with Crippen LogP contribution in [0.2, 0.25) is 0 Å². The maximum atomic E-state index is 13.1. The number of nitrogens with zero attached hydrogens (tertiary/aromatic N) is 3. The molecule has 0 fully saturated rings. The molecule has 0 aliphatic heterocycles. The fraction of sp³-hybridized carbons (Fsp3) is 0.130. The number of nitrogens with one attached hydrogen (secondary N) is 1. The molecule has 0 atom stereocenters. The molecule has 0 unspecified atom stereocenters. The molecule has 0 saturated carbocycles. The molecule has 0 aliphatic carbocycles. The average molecular weight is 372 g/mol. The summed E-state index contributed by atoms with van der Waals surface area (Å²) in [5, 5.41) is 12.8. The summed E-state index contributed by atoms with van der Waals surface area (Å²) in [5.41, 5.74) is 4.97. The van der Waals surface area contributed by atoms with E-state index in [2.05, 4.69) is 22.5 Å². The molecule has 4 nitrogen and oxygen atoms in total. The fourth-order valence-electron chi connectivity index (χ4n) is 3.07. The van der Waals surface area contributed by atoms with E-state index in [-0.39, 0.29) is 5.82 Å². The van der Waals surface area contributed by atoms with Crippen molar-refractivity contribution in [3.63, 3.8) is 0 Å². The second-order valence-electron chi connectivity index (χ2n) is 6.61. The Labute approximate surface area is 163 Å². The first-order valence-electron chi connectivity index (χ1n) is 9.26. The van der Waals surface area contributed by atoms with Crippen LogP contribution in [-0.2, 0) is 19.6 Å². The van der Waals surface area contributed by atoms with Crippen molar-refractivity contribution in [2.24, 2.45) is 0 Å². The number of rotatable bonds is 7. The molecule has 1 N–H and O–H groups in total. The topological polar surface area (TPSA) is 42.7 Å². The summed E-state index contributed by atoms with van der Waals surface area (Å²) in [6, 6.07) is 26.7. The van der Waals surface area contributed by atoms with Crippen LogP contribution in [0.5, 0.6) is 0 Å². The van der Waals surface area contributed by atoms with Crippen LogP contribution in [0.3, 0.4) is 0 Å². The summed E-state index contributed by atoms with van der Waals surface area (Å²) < 4.78 is 13.1. The Morgan fingerprint density at radius 2 is 1.39 bits per heavy atom. The van der Waals surface area contributed by atoms with Gasteiger partial charge in [0.2, 0.25) is 0 Å². The Bertz CT molecular complexity index is 1010. The third-order valence-electron chi connectivity index (χ3n) is 4.47. The van der Waals surface area contributed by atoms with Crippen molar-refractivity contribution in [3.05, 3.63) is 108 Å². The molecule has 5 heteroatoms. The number of halogens is 1. The highest BCUT2D eigenvalue weighted by Crippen LogP contribution is 2.20. The highest BCUT2D eigenvalue weighted by molar-refractivity contribution is 5.60. The van der Waals surface area contributed by atoms with E-state index in [9.17, 15) is 4.39 Å². The minimum atomic E-state index is -0.243. The lowest BCUT2D eigenvalue weighted by Crippen LogP contribution is -2.14. The summed E-state index contributed by atoms with van der Waals surface area (Å²) >= 11 is 0. The quantitative estimate of drug-likeness (QED) is 0.522. The third kappa shape index (κ3) is 4.50. The lowest BCUT2D eigenvalue weighted by atomic mass is 10.1. The van der Waals surface area contributed by atoms with Crippen molar-refractivity contribution < 1.29 is 4.39 Å². The second kappa shape index (κ2) is 8.59. The van der Waals surface area contributed by atoms with E-state index >= 15 is 0 Å². The normalized spacial score (nSPS) is 10.9. The Balaban J connectivity index is 1.54. The van der Waals surface area contributed by atoms with E-state index in [4.69, 9.17) is 5.10 Å². The third-order valence-corrected chi connectivity index (χ3v) is 4.47. The summed E-state index contributed by atoms with van der Waals surface area (Å²) in [6.45, 7) is 1.88. The molecule has 0 amide bonds. The van der Waals surface area contributed by atoms with Gasteiger partial charge in [0, 0.05) is 18.7 Å². The molecule has 0 aliphatic rings. The first kappa shape index (κ1) is 18.1. The van der Waals surface area contributed by atoms with Gasteiger partial charge >= 0.3 is 0 Å². The van der Waals surface area contributed by atoms with Crippen molar-refractivity contribution in [1.29, 1.82) is 0 Å². The zero-order valence-corrected chi connectivity index (χ0v) is 15.4. The monoisotopic (exact) mass is 372 g/mol. The molecule has 1 heterocycles. The number of hydrogen-bond donors (Lipinski definition) is 1. The smallest absolute Gasteiger partial charge is 0.123 e. The van der Waals surface area contributed by atoms with Crippen molar-refractivity contribution in [2.45, 2.75) is 19.6 Å². The number of benzene rings is 3. The van der Waals surface area contributed by atoms with Crippen LogP contribution in [0, 0.1) is 5.82 Å². The van der Waals surface area contributed by atoms with E-state index in [1.54, 1.807) is 16.9 Å². The van der Waals surface area contributed by atoms with Crippen molar-refractivity contribution in [3.8, 4) is 11.3 Å². The lowest BCUT2D eigenvalue weighted by Gasteiger charge is -2.04. The van der Waals surface area contributed by atoms with Crippen molar-refractivity contribution >= 4 is 0 Å². The molecule has 3 aromatic carbocycles. The van der Waals surface area contributed by atoms with Crippen molar-refractivity contribution in [2.75, 3.05) is 0 Å². The SMILES string of the molecule is Fc1ccc(Cn2nc(CNCc3ccccc3)c(-c3ccccc3)n2)cc1. The Morgan fingerprint density at radius 1 is 0.714 bits per heavy atom. The van der Waals surface area contributed by atoms with Gasteiger partial charge in [-0.15, -0.1) is 0 Å². The van der Waals surface area contributed by atoms with E-state index in [0.29, 0.717) is 13.1 Å². The van der Waals surface area contributed by atoms with Gasteiger partial charge in [0.1, 0.15) is 17.2 Å². The van der Waals surface area contributed by atoms with Crippen LogP contribution in [-0.4, -0.2) is 15.0 Å². The van der Waals surface area contributed by atoms with Gasteiger partial charge in [0.15, 0.2) is 0 Å². The maximum Gasteiger partial charge on any atom is 0.123 e. The first-order chi connectivity index (χ1) is 13.8. The zero-order valence-electron chi connectivity index (χ0n) is 15.4. The molecular formula is C23H21FN4. The highest BCUT2D eigenvalue weighted by atomic mass is 19.1. The molecular weight excluding hydrogens is 351 g/mol. The van der Waals surface area contributed by atoms with E-state index in [1.807, 2.05) is 48.5 Å². The van der Waals surface area contributed by atoms with E-state index < -0.39 is 0 Å². The number of hydrogen-bond acceptors (Lipinski definition) is 3. The predicted octanol–water partition coefficient (Wildman–Crippen LogP) is 4.42. The summed E-state index contributed by atoms with van der Waals surface area (Å²) in [5.74, 6) is -0.243. The maximum absolute atomic E-state index is 13.1. The van der Waals surface area contributed by atoms with Gasteiger partial charge in [-0.1, -0.05) is 72.8 Å². The van der Waals surface area contributed by atoms with E-state index in [1.165, 1.54) is 17.7 Å². The van der Waals surface area contributed by atoms with Gasteiger partial charge in [0.25, 0.3) is 0 Å². The molecule has 4 rings (SSSR count). The minimum absolute atomic E-state index is 0.243. The number of aromatic nitrogens is 3. The van der Waals surface area contributed by atoms with Gasteiger partial charge in [-0.3, -0.25) is 0 Å². The summed E-state index contributed by atoms with van der Waals surface area (Å²) in [6.07, 6.45) is 0. The van der Waals surface area contributed by atoms with Crippen LogP contribution in [0.15, 0.2) is 84.9 Å². The van der Waals surface area contributed by atoms with Gasteiger partial charge in [0.05, 0.1) is 6.54 Å². The van der Waals surface area contributed by atoms with Gasteiger partial charge in [-0.2, -0.15) is 15.0 Å². The summed E-state index contributed by atoms with van der Waals surface area (Å²) in [7, 11) is 0. The van der Waals surface area contributed by atoms with E-state index in [0.717, 1.165) is 29.1 Å². The largest absolute Gasteiger partial charge is 0.307 e. The lowest BCUT2D eigenvalue weighted by molar-refractivity contribution is 0.574. The first-order valence-corrected chi connectivity index (χ1v) is 9.26. The highest BCUT2D eigenvalue weighted by Gasteiger charge is 2.13. The standard InChI is InChI=1S/C23H21FN4/c24-21-13-11-19(12-14-21)17-28-26-22(16-25-15-18-7-3-1-4-8-18)23(27-28)20-9-5-2-6-10-20/h1-14,25H,15-17H2. The van der Waals surface area contributed by atoms with Gasteiger partial charge in [-0.05, 0) is 23.3 Å². The van der Waals surface area contributed by atoms with Crippen molar-refractivity contribution in [1.82, 2.24) is 20.3 Å². The molecule has 0 bridgehead atoms. The van der Waals surface area contributed by atoms with Crippen LogP contribution in [0.1, 0.15) is 16.8 Å². The molecule has 140 valence electrons. The van der Waals surface area contributed by atoms with Crippen LogP contribution in [0.4, 0.5) is 4.39 Å². The molecule has 0 radical (unpaired) electrons. The zero-order chi connectivity index (χ0) is 19.2. The van der Waals surface area contributed by atoms with Gasteiger partial charge < -0.3 is 5.32 Å². The Kier molecular flexibility index (Phi) is 5.54. The Hall–Kier alpha value is -3.31. The average Bonchev–Trinajstić information content (AvgIpc) is 3.14. The molecule has 0 saturated heterocycles. The molecule has 1 aromatic heterocycles. The van der Waals surface area contributed by atoms with Gasteiger partial charge in [-0.25, -0.2) is 4.39 Å². The predicted molar refractivity (Wildman–Crippen MR) is 108 cm³/mol. The van der Waals surface area contributed by atoms with Crippen LogP contribution >= 0.6 is 0 Å². The molecule has 0 spiro atoms. The molecule has 28 heavy (non-hydrogen) atoms. The van der Waals surface area contributed by atoms with Crippen LogP contribution < -0.4 is 5.32 Å². The fourth-order valence-corrected chi connectivity index (χ4v) is 3.07.